The zero-order valence-electron chi connectivity index (χ0n) is 13.7. The molecule has 0 aromatic carbocycles. The number of carbonyl (C=O) groups excluding carboxylic acids is 3. The Hall–Kier alpha value is -1.88. The van der Waals surface area contributed by atoms with Crippen LogP contribution >= 0.6 is 0 Å². The number of methoxy groups -OCH3 is 2. The second kappa shape index (κ2) is 8.67. The van der Waals surface area contributed by atoms with E-state index in [0.717, 1.165) is 14.2 Å². The van der Waals surface area contributed by atoms with Gasteiger partial charge in [0.2, 0.25) is 0 Å². The first kappa shape index (κ1) is 21.1. The van der Waals surface area contributed by atoms with E-state index >= 15 is 0 Å². The predicted molar refractivity (Wildman–Crippen MR) is 78.5 cm³/mol. The average molecular weight is 354 g/mol. The molecule has 23 heavy (non-hydrogen) atoms. The van der Waals surface area contributed by atoms with Gasteiger partial charge < -0.3 is 14.2 Å². The van der Waals surface area contributed by atoms with Gasteiger partial charge in [0.05, 0.1) is 14.2 Å². The van der Waals surface area contributed by atoms with Crippen LogP contribution in [0.1, 0.15) is 33.6 Å². The Morgan fingerprint density at radius 1 is 1.09 bits per heavy atom. The molecule has 1 amide bonds. The lowest BCUT2D eigenvalue weighted by molar-refractivity contribution is -0.144. The maximum atomic E-state index is 11.8. The fourth-order valence-corrected chi connectivity index (χ4v) is 2.27. The number of ether oxygens (including phenoxy) is 3. The highest BCUT2D eigenvalue weighted by atomic mass is 32.2. The second-order valence-corrected chi connectivity index (χ2v) is 6.86. The van der Waals surface area contributed by atoms with Crippen LogP contribution in [-0.4, -0.2) is 52.3 Å². The minimum Gasteiger partial charge on any atom is -0.469 e. The Morgan fingerprint density at radius 3 is 2.09 bits per heavy atom. The number of carbonyl (C=O) groups is 3. The van der Waals surface area contributed by atoms with Gasteiger partial charge in [-0.2, -0.15) is 13.1 Å². The number of hydrogen-bond donors (Lipinski definition) is 2. The van der Waals surface area contributed by atoms with Gasteiger partial charge in [-0.1, -0.05) is 0 Å². The Balaban J connectivity index is 4.85. The van der Waals surface area contributed by atoms with Crippen molar-refractivity contribution in [3.63, 3.8) is 0 Å². The van der Waals surface area contributed by atoms with E-state index in [1.807, 2.05) is 4.72 Å². The summed E-state index contributed by atoms with van der Waals surface area (Å²) in [6, 6.07) is -1.36. The molecule has 0 rings (SSSR count). The highest BCUT2D eigenvalue weighted by Gasteiger charge is 2.28. The van der Waals surface area contributed by atoms with Crippen LogP contribution in [0.25, 0.3) is 0 Å². The number of nitrogens with one attached hydrogen (secondary N) is 2. The Bertz CT molecular complexity index is 538. The van der Waals surface area contributed by atoms with Crippen LogP contribution < -0.4 is 9.44 Å². The summed E-state index contributed by atoms with van der Waals surface area (Å²) in [5.74, 6) is -1.54. The molecule has 0 heterocycles. The van der Waals surface area contributed by atoms with Gasteiger partial charge in [0.25, 0.3) is 0 Å². The van der Waals surface area contributed by atoms with Crippen LogP contribution in [-0.2, 0) is 34.0 Å². The number of amides is 1. The zero-order chi connectivity index (χ0) is 18.3. The quantitative estimate of drug-likeness (QED) is 0.475. The van der Waals surface area contributed by atoms with Crippen molar-refractivity contribution < 1.29 is 37.0 Å². The minimum absolute atomic E-state index is 0.200. The monoisotopic (exact) mass is 354 g/mol. The van der Waals surface area contributed by atoms with Gasteiger partial charge >= 0.3 is 28.2 Å². The first-order valence-electron chi connectivity index (χ1n) is 6.58. The summed E-state index contributed by atoms with van der Waals surface area (Å²) in [6.07, 6.45) is -1.62. The molecule has 0 bridgehead atoms. The van der Waals surface area contributed by atoms with Gasteiger partial charge in [0.15, 0.2) is 0 Å². The Labute approximate surface area is 135 Å². The van der Waals surface area contributed by atoms with Gasteiger partial charge in [-0.05, 0) is 27.2 Å². The number of hydrogen-bond acceptors (Lipinski definition) is 8. The van der Waals surface area contributed by atoms with Crippen molar-refractivity contribution in [3.05, 3.63) is 0 Å². The molecule has 134 valence electrons. The van der Waals surface area contributed by atoms with Crippen molar-refractivity contribution in [2.75, 3.05) is 14.2 Å². The third kappa shape index (κ3) is 9.68. The third-order valence-electron chi connectivity index (χ3n) is 2.26. The lowest BCUT2D eigenvalue weighted by Crippen LogP contribution is -2.49. The third-order valence-corrected chi connectivity index (χ3v) is 3.29. The van der Waals surface area contributed by atoms with Gasteiger partial charge in [-0.15, -0.1) is 0 Å². The molecule has 0 radical (unpaired) electrons. The first-order valence-corrected chi connectivity index (χ1v) is 8.06. The van der Waals surface area contributed by atoms with Crippen LogP contribution in [0.4, 0.5) is 4.79 Å². The molecular weight excluding hydrogens is 332 g/mol. The first-order chi connectivity index (χ1) is 10.4. The highest BCUT2D eigenvalue weighted by Crippen LogP contribution is 2.07. The van der Waals surface area contributed by atoms with Crippen molar-refractivity contribution in [2.45, 2.75) is 45.3 Å². The molecule has 0 aliphatic rings. The lowest BCUT2D eigenvalue weighted by Gasteiger charge is -2.21. The van der Waals surface area contributed by atoms with Crippen LogP contribution in [0.2, 0.25) is 0 Å². The van der Waals surface area contributed by atoms with E-state index in [9.17, 15) is 22.8 Å². The van der Waals surface area contributed by atoms with Crippen LogP contribution in [0.5, 0.6) is 0 Å². The summed E-state index contributed by atoms with van der Waals surface area (Å²) in [5, 5.41) is 0. The molecule has 0 aromatic heterocycles. The summed E-state index contributed by atoms with van der Waals surface area (Å²) >= 11 is 0. The maximum absolute atomic E-state index is 11.8. The van der Waals surface area contributed by atoms with Gasteiger partial charge in [-0.25, -0.2) is 9.52 Å². The van der Waals surface area contributed by atoms with Crippen molar-refractivity contribution in [2.24, 2.45) is 0 Å². The average Bonchev–Trinajstić information content (AvgIpc) is 2.38. The fraction of sp³-hybridized carbons (Fsp3) is 0.750. The molecule has 0 fully saturated rings. The SMILES string of the molecule is COC(=O)CC[C@H](NS(=O)(=O)NC(=O)OC(C)(C)C)C(=O)OC. The molecule has 0 saturated heterocycles. The molecule has 1 atom stereocenters. The van der Waals surface area contributed by atoms with Crippen molar-refractivity contribution in [1.29, 1.82) is 0 Å². The molecule has 0 aromatic rings. The Kier molecular flexibility index (Phi) is 7.97. The van der Waals surface area contributed by atoms with Crippen molar-refractivity contribution in [1.82, 2.24) is 9.44 Å². The maximum Gasteiger partial charge on any atom is 0.422 e. The molecule has 0 aliphatic carbocycles. The summed E-state index contributed by atoms with van der Waals surface area (Å²) < 4.78 is 40.8. The summed E-state index contributed by atoms with van der Waals surface area (Å²) in [7, 11) is -2.17. The minimum atomic E-state index is -4.39. The van der Waals surface area contributed by atoms with Crippen molar-refractivity contribution in [3.8, 4) is 0 Å². The van der Waals surface area contributed by atoms with E-state index < -0.39 is 39.9 Å². The largest absolute Gasteiger partial charge is 0.469 e. The second-order valence-electron chi connectivity index (χ2n) is 5.42. The summed E-state index contributed by atoms with van der Waals surface area (Å²) in [4.78, 5) is 34.1. The van der Waals surface area contributed by atoms with E-state index in [0.29, 0.717) is 0 Å². The molecular formula is C12H22N2O8S. The van der Waals surface area contributed by atoms with Gasteiger partial charge in [0.1, 0.15) is 11.6 Å². The normalized spacial score (nSPS) is 12.9. The molecule has 0 saturated carbocycles. The van der Waals surface area contributed by atoms with E-state index in [2.05, 4.69) is 9.47 Å². The van der Waals surface area contributed by atoms with Gasteiger partial charge in [-0.3, -0.25) is 9.59 Å². The molecule has 0 unspecified atom stereocenters. The number of rotatable bonds is 7. The van der Waals surface area contributed by atoms with E-state index in [1.54, 1.807) is 25.5 Å². The fourth-order valence-electron chi connectivity index (χ4n) is 1.36. The van der Waals surface area contributed by atoms with Crippen LogP contribution in [0, 0.1) is 0 Å². The molecule has 0 aliphatic heterocycles. The summed E-state index contributed by atoms with van der Waals surface area (Å²) in [5.41, 5.74) is -0.897. The lowest BCUT2D eigenvalue weighted by atomic mass is 10.2. The molecule has 10 nitrogen and oxygen atoms in total. The van der Waals surface area contributed by atoms with E-state index in [-0.39, 0.29) is 12.8 Å². The van der Waals surface area contributed by atoms with Crippen molar-refractivity contribution >= 4 is 28.2 Å². The summed E-state index contributed by atoms with van der Waals surface area (Å²) in [6.45, 7) is 4.67. The van der Waals surface area contributed by atoms with Crippen LogP contribution in [0.15, 0.2) is 0 Å². The Morgan fingerprint density at radius 2 is 1.65 bits per heavy atom. The van der Waals surface area contributed by atoms with Gasteiger partial charge in [0, 0.05) is 6.42 Å². The number of esters is 2. The molecule has 0 spiro atoms. The van der Waals surface area contributed by atoms with Crippen LogP contribution in [0.3, 0.4) is 0 Å². The molecule has 2 N–H and O–H groups in total. The topological polar surface area (TPSA) is 137 Å². The highest BCUT2D eigenvalue weighted by molar-refractivity contribution is 7.88. The predicted octanol–water partition coefficient (Wildman–Crippen LogP) is -0.160. The van der Waals surface area contributed by atoms with E-state index in [1.165, 1.54) is 0 Å². The molecule has 11 heteroatoms. The zero-order valence-corrected chi connectivity index (χ0v) is 14.5. The smallest absolute Gasteiger partial charge is 0.422 e. The van der Waals surface area contributed by atoms with E-state index in [4.69, 9.17) is 4.74 Å². The standard InChI is InChI=1S/C12H22N2O8S/c1-12(2,3)22-11(17)14-23(18,19)13-8(10(16)21-5)6-7-9(15)20-4/h8,13H,6-7H2,1-5H3,(H,14,17)/t8-/m0/s1.